The highest BCUT2D eigenvalue weighted by atomic mass is 32.1. The molecule has 42 heavy (non-hydrogen) atoms. The molecule has 0 aliphatic rings. The number of benzene rings is 6. The molecule has 0 amide bonds. The molecule has 0 aliphatic heterocycles. The van der Waals surface area contributed by atoms with Crippen molar-refractivity contribution in [2.75, 3.05) is 0 Å². The van der Waals surface area contributed by atoms with Crippen LogP contribution in [0.3, 0.4) is 0 Å². The van der Waals surface area contributed by atoms with Crippen LogP contribution in [0, 0.1) is 11.3 Å². The molecule has 0 fully saturated rings. The van der Waals surface area contributed by atoms with Gasteiger partial charge in [-0.3, -0.25) is 4.98 Å². The molecule has 194 valence electrons. The maximum absolute atomic E-state index is 9.77. The molecule has 4 nitrogen and oxygen atoms in total. The number of hydrogen-bond acceptors (Lipinski definition) is 4. The van der Waals surface area contributed by atoms with E-state index in [0.717, 1.165) is 49.7 Å². The average molecular weight is 553 g/mol. The molecule has 3 heterocycles. The maximum Gasteiger partial charge on any atom is 0.159 e. The third kappa shape index (κ3) is 3.21. The monoisotopic (exact) mass is 552 g/mol. The molecular weight excluding hydrogens is 533 g/mol. The second kappa shape index (κ2) is 8.71. The molecule has 0 N–H and O–H groups in total. The van der Waals surface area contributed by atoms with Crippen molar-refractivity contribution in [1.82, 2.24) is 14.5 Å². The number of hydrogen-bond donors (Lipinski definition) is 0. The minimum atomic E-state index is 0.311. The Balaban J connectivity index is 1.44. The highest BCUT2D eigenvalue weighted by molar-refractivity contribution is 7.26. The van der Waals surface area contributed by atoms with E-state index in [0.29, 0.717) is 5.69 Å². The number of rotatable bonds is 2. The van der Waals surface area contributed by atoms with Crippen molar-refractivity contribution >= 4 is 75.1 Å². The van der Waals surface area contributed by atoms with Gasteiger partial charge in [-0.25, -0.2) is 4.98 Å². The third-order valence-corrected chi connectivity index (χ3v) is 9.47. The van der Waals surface area contributed by atoms with E-state index in [1.54, 1.807) is 17.5 Å². The SMILES string of the molecule is N#Cc1cnc2c(n1)c(-c1cccc3c1sc1ccccc13)cc1cc3c4ccccc4n(-c4ccccc4)c3cc12. The first-order valence-corrected chi connectivity index (χ1v) is 14.6. The fourth-order valence-corrected chi connectivity index (χ4v) is 7.66. The van der Waals surface area contributed by atoms with Crippen LogP contribution in [-0.4, -0.2) is 14.5 Å². The van der Waals surface area contributed by atoms with Crippen molar-refractivity contribution in [3.8, 4) is 22.9 Å². The van der Waals surface area contributed by atoms with Crippen LogP contribution < -0.4 is 0 Å². The highest BCUT2D eigenvalue weighted by Crippen LogP contribution is 2.44. The van der Waals surface area contributed by atoms with Crippen LogP contribution in [0.2, 0.25) is 0 Å². The number of fused-ring (bicyclic) bond motifs is 9. The molecule has 0 aliphatic carbocycles. The minimum Gasteiger partial charge on any atom is -0.309 e. The van der Waals surface area contributed by atoms with Gasteiger partial charge in [-0.1, -0.05) is 72.8 Å². The topological polar surface area (TPSA) is 54.5 Å². The average Bonchev–Trinajstić information content (AvgIpc) is 3.59. The molecule has 9 aromatic rings. The predicted molar refractivity (Wildman–Crippen MR) is 174 cm³/mol. The van der Waals surface area contributed by atoms with Crippen LogP contribution in [0.25, 0.3) is 80.6 Å². The molecule has 0 bridgehead atoms. The molecule has 5 heteroatoms. The van der Waals surface area contributed by atoms with Gasteiger partial charge in [0.2, 0.25) is 0 Å². The quantitative estimate of drug-likeness (QED) is 0.201. The molecule has 0 unspecified atom stereocenters. The number of nitriles is 1. The van der Waals surface area contributed by atoms with Crippen LogP contribution >= 0.6 is 11.3 Å². The fraction of sp³-hybridized carbons (Fsp3) is 0. The fourth-order valence-electron chi connectivity index (χ4n) is 6.43. The number of para-hydroxylation sites is 2. The van der Waals surface area contributed by atoms with Crippen molar-refractivity contribution in [3.63, 3.8) is 0 Å². The molecule has 0 spiro atoms. The highest BCUT2D eigenvalue weighted by Gasteiger charge is 2.19. The summed E-state index contributed by atoms with van der Waals surface area (Å²) >= 11 is 1.80. The standard InChI is InChI=1S/C37H20N4S/c38-20-23-21-39-35-29-19-33-30(25-11-4-6-15-32(25)41(33)24-9-2-1-3-10-24)17-22(29)18-31(36(35)40-23)28-14-8-13-27-26-12-5-7-16-34(26)42-37(27)28/h1-19,21H. The molecule has 6 aromatic carbocycles. The van der Waals surface area contributed by atoms with Crippen molar-refractivity contribution in [3.05, 3.63) is 127 Å². The smallest absolute Gasteiger partial charge is 0.159 e. The molecule has 0 radical (unpaired) electrons. The Morgan fingerprint density at radius 3 is 2.29 bits per heavy atom. The Morgan fingerprint density at radius 1 is 0.619 bits per heavy atom. The Kier molecular flexibility index (Phi) is 4.81. The minimum absolute atomic E-state index is 0.311. The number of aromatic nitrogens is 3. The predicted octanol–water partition coefficient (Wildman–Crippen LogP) is 9.79. The van der Waals surface area contributed by atoms with Gasteiger partial charge < -0.3 is 4.57 Å². The Labute approximate surface area is 244 Å². The van der Waals surface area contributed by atoms with Crippen LogP contribution in [0.15, 0.2) is 121 Å². The second-order valence-corrected chi connectivity index (χ2v) is 11.6. The summed E-state index contributed by atoms with van der Waals surface area (Å²) in [7, 11) is 0. The van der Waals surface area contributed by atoms with E-state index < -0.39 is 0 Å². The first-order valence-electron chi connectivity index (χ1n) is 13.8. The van der Waals surface area contributed by atoms with Gasteiger partial charge in [0, 0.05) is 53.1 Å². The van der Waals surface area contributed by atoms with E-state index in [9.17, 15) is 5.26 Å². The first kappa shape index (κ1) is 23.2. The van der Waals surface area contributed by atoms with E-state index >= 15 is 0 Å². The van der Waals surface area contributed by atoms with E-state index in [1.165, 1.54) is 30.9 Å². The van der Waals surface area contributed by atoms with Crippen LogP contribution in [-0.2, 0) is 0 Å². The summed E-state index contributed by atoms with van der Waals surface area (Å²) in [5.41, 5.74) is 7.33. The van der Waals surface area contributed by atoms with E-state index in [-0.39, 0.29) is 0 Å². The van der Waals surface area contributed by atoms with Gasteiger partial charge in [0.15, 0.2) is 5.69 Å². The second-order valence-electron chi connectivity index (χ2n) is 10.5. The van der Waals surface area contributed by atoms with Crippen molar-refractivity contribution in [1.29, 1.82) is 5.26 Å². The molecule has 0 saturated heterocycles. The van der Waals surface area contributed by atoms with Gasteiger partial charge in [-0.15, -0.1) is 11.3 Å². The molecule has 0 saturated carbocycles. The van der Waals surface area contributed by atoms with Crippen molar-refractivity contribution < 1.29 is 0 Å². The van der Waals surface area contributed by atoms with Crippen LogP contribution in [0.4, 0.5) is 0 Å². The van der Waals surface area contributed by atoms with E-state index in [2.05, 4.69) is 120 Å². The molecular formula is C37H20N4S. The van der Waals surface area contributed by atoms with Gasteiger partial charge in [-0.05, 0) is 47.9 Å². The maximum atomic E-state index is 9.77. The summed E-state index contributed by atoms with van der Waals surface area (Å²) in [6.45, 7) is 0. The Hall–Kier alpha value is -5.57. The lowest BCUT2D eigenvalue weighted by molar-refractivity contribution is 1.18. The number of thiophene rings is 1. The van der Waals surface area contributed by atoms with Crippen LogP contribution in [0.1, 0.15) is 5.69 Å². The summed E-state index contributed by atoms with van der Waals surface area (Å²) in [4.78, 5) is 9.72. The number of nitrogens with zero attached hydrogens (tertiary/aromatic N) is 4. The zero-order valence-corrected chi connectivity index (χ0v) is 23.1. The Morgan fingerprint density at radius 2 is 1.40 bits per heavy atom. The molecule has 9 rings (SSSR count). The van der Waals surface area contributed by atoms with Gasteiger partial charge in [0.1, 0.15) is 6.07 Å². The van der Waals surface area contributed by atoms with Crippen LogP contribution in [0.5, 0.6) is 0 Å². The third-order valence-electron chi connectivity index (χ3n) is 8.25. The zero-order valence-electron chi connectivity index (χ0n) is 22.2. The largest absolute Gasteiger partial charge is 0.309 e. The normalized spacial score (nSPS) is 11.8. The van der Waals surface area contributed by atoms with Gasteiger partial charge in [0.25, 0.3) is 0 Å². The summed E-state index contributed by atoms with van der Waals surface area (Å²) in [5.74, 6) is 0. The summed E-state index contributed by atoms with van der Waals surface area (Å²) in [6, 6.07) is 43.0. The van der Waals surface area contributed by atoms with Gasteiger partial charge in [-0.2, -0.15) is 5.26 Å². The lowest BCUT2D eigenvalue weighted by atomic mass is 9.96. The Bertz CT molecular complexity index is 2590. The van der Waals surface area contributed by atoms with Gasteiger partial charge in [0.05, 0.1) is 28.3 Å². The van der Waals surface area contributed by atoms with Crippen molar-refractivity contribution in [2.24, 2.45) is 0 Å². The van der Waals surface area contributed by atoms with Crippen molar-refractivity contribution in [2.45, 2.75) is 0 Å². The lowest BCUT2D eigenvalue weighted by Crippen LogP contribution is -1.95. The summed E-state index contributed by atoms with van der Waals surface area (Å²) in [5, 5.41) is 16.8. The lowest BCUT2D eigenvalue weighted by Gasteiger charge is -2.12. The van der Waals surface area contributed by atoms with E-state index in [4.69, 9.17) is 9.97 Å². The molecule has 3 aromatic heterocycles. The first-order chi connectivity index (χ1) is 20.8. The van der Waals surface area contributed by atoms with E-state index in [1.807, 2.05) is 6.07 Å². The summed E-state index contributed by atoms with van der Waals surface area (Å²) in [6.07, 6.45) is 1.59. The zero-order chi connectivity index (χ0) is 27.8. The van der Waals surface area contributed by atoms with Gasteiger partial charge >= 0.3 is 0 Å². The molecule has 0 atom stereocenters. The summed E-state index contributed by atoms with van der Waals surface area (Å²) < 4.78 is 4.79.